The Hall–Kier alpha value is -3.34. The number of nitrogens with zero attached hydrogens (tertiary/aromatic N) is 1. The molecule has 3 rings (SSSR count). The first kappa shape index (κ1) is 38.7. The number of aliphatic hydroxyl groups is 1. The third-order valence-electron chi connectivity index (χ3n) is 6.40. The number of alkyl halides is 3. The molecule has 0 fully saturated rings. The predicted octanol–water partition coefficient (Wildman–Crippen LogP) is 7.43. The number of hydrogen-bond acceptors (Lipinski definition) is 4. The summed E-state index contributed by atoms with van der Waals surface area (Å²) in [5.41, 5.74) is 3.46. The van der Waals surface area contributed by atoms with Crippen LogP contribution in [0.1, 0.15) is 70.8 Å². The summed E-state index contributed by atoms with van der Waals surface area (Å²) in [6.45, 7) is 9.29. The largest absolute Gasteiger partial charge is 0.416 e. The highest BCUT2D eigenvalue weighted by Gasteiger charge is 2.30. The van der Waals surface area contributed by atoms with Gasteiger partial charge in [-0.05, 0) is 100 Å². The quantitative estimate of drug-likeness (QED) is 0.137. The predicted molar refractivity (Wildman–Crippen MR) is 166 cm³/mol. The average molecular weight is 624 g/mol. The van der Waals surface area contributed by atoms with Gasteiger partial charge in [0.2, 0.25) is 0 Å². The normalized spacial score (nSPS) is 10.9. The molecule has 3 N–H and O–H groups in total. The number of hydrogen-bond donors (Lipinski definition) is 3. The van der Waals surface area contributed by atoms with Crippen LogP contribution in [0, 0.1) is 25.5 Å². The molecule has 0 heterocycles. The summed E-state index contributed by atoms with van der Waals surface area (Å²) in [5, 5.41) is 13.1. The van der Waals surface area contributed by atoms with Crippen molar-refractivity contribution in [3.63, 3.8) is 0 Å². The fraction of sp³-hybridized carbons (Fsp3) is 0.441. The lowest BCUT2D eigenvalue weighted by molar-refractivity contribution is -0.137. The molecule has 0 spiro atoms. The highest BCUT2D eigenvalue weighted by Crippen LogP contribution is 2.29. The van der Waals surface area contributed by atoms with E-state index in [4.69, 9.17) is 5.11 Å². The Bertz CT molecular complexity index is 1220. The maximum absolute atomic E-state index is 12.8. The van der Waals surface area contributed by atoms with Crippen LogP contribution in [0.5, 0.6) is 0 Å². The van der Waals surface area contributed by atoms with Crippen molar-refractivity contribution in [3.8, 4) is 0 Å². The van der Waals surface area contributed by atoms with E-state index in [-0.39, 0.29) is 5.91 Å². The molecular weight excluding hydrogens is 577 g/mol. The second-order valence-electron chi connectivity index (χ2n) is 10.6. The maximum Gasteiger partial charge on any atom is 0.416 e. The molecule has 10 heteroatoms. The number of carbonyl (C=O) groups is 1. The van der Waals surface area contributed by atoms with Crippen LogP contribution in [0.25, 0.3) is 0 Å². The lowest BCUT2D eigenvalue weighted by atomic mass is 10.1. The third-order valence-corrected chi connectivity index (χ3v) is 6.40. The zero-order chi connectivity index (χ0) is 33.1. The fourth-order valence-electron chi connectivity index (χ4n) is 4.36. The molecule has 0 aromatic heterocycles. The minimum absolute atomic E-state index is 0.0758. The molecule has 0 aliphatic rings. The number of nitrogens with one attached hydrogen (secondary N) is 2. The molecule has 0 atom stereocenters. The van der Waals surface area contributed by atoms with Gasteiger partial charge in [-0.1, -0.05) is 43.2 Å². The standard InChI is InChI=1S/C26H36F3N3O.C7H6F2.CH4O/c1-4-5-13-32(3)19-22-14-20(2)15-23(16-22)25(33)31-12-7-6-11-30-18-21-9-8-10-24(17-21)26(27,28)29;1-5-2-6(8)4-7(9)3-5;1-2/h8-10,14-17,30H,4-7,11-13,18-19H2,1-3H3,(H,31,33);2-4H,1H3;2H,1H3. The molecule has 0 saturated heterocycles. The Morgan fingerprint density at radius 3 is 2.09 bits per heavy atom. The molecule has 244 valence electrons. The second kappa shape index (κ2) is 20.6. The molecule has 3 aromatic carbocycles. The molecule has 0 unspecified atom stereocenters. The molecule has 3 aromatic rings. The van der Waals surface area contributed by atoms with E-state index in [1.54, 1.807) is 13.0 Å². The van der Waals surface area contributed by atoms with E-state index >= 15 is 0 Å². The van der Waals surface area contributed by atoms with E-state index in [1.807, 2.05) is 19.1 Å². The number of carbonyl (C=O) groups excluding carboxylic acids is 1. The molecule has 5 nitrogen and oxygen atoms in total. The summed E-state index contributed by atoms with van der Waals surface area (Å²) in [4.78, 5) is 14.8. The second-order valence-corrected chi connectivity index (χ2v) is 10.6. The van der Waals surface area contributed by atoms with Gasteiger partial charge >= 0.3 is 6.18 Å². The number of benzene rings is 3. The van der Waals surface area contributed by atoms with E-state index < -0.39 is 23.4 Å². The van der Waals surface area contributed by atoms with E-state index in [0.717, 1.165) is 69.1 Å². The van der Waals surface area contributed by atoms with Crippen molar-refractivity contribution in [1.29, 1.82) is 0 Å². The van der Waals surface area contributed by atoms with Gasteiger partial charge in [0.05, 0.1) is 5.56 Å². The van der Waals surface area contributed by atoms with Gasteiger partial charge in [-0.25, -0.2) is 8.78 Å². The van der Waals surface area contributed by atoms with Gasteiger partial charge in [0.1, 0.15) is 11.6 Å². The lowest BCUT2D eigenvalue weighted by Crippen LogP contribution is -2.26. The first-order chi connectivity index (χ1) is 20.9. The number of aliphatic hydroxyl groups excluding tert-OH is 1. The summed E-state index contributed by atoms with van der Waals surface area (Å²) < 4.78 is 62.7. The molecule has 0 radical (unpaired) electrons. The van der Waals surface area contributed by atoms with Gasteiger partial charge in [-0.3, -0.25) is 4.79 Å². The van der Waals surface area contributed by atoms with Crippen molar-refractivity contribution in [2.75, 3.05) is 33.8 Å². The molecule has 0 saturated carbocycles. The van der Waals surface area contributed by atoms with E-state index in [2.05, 4.69) is 35.6 Å². The third kappa shape index (κ3) is 15.9. The highest BCUT2D eigenvalue weighted by atomic mass is 19.4. The molecule has 0 aliphatic carbocycles. The van der Waals surface area contributed by atoms with Crippen LogP contribution < -0.4 is 10.6 Å². The molecule has 0 bridgehead atoms. The van der Waals surface area contributed by atoms with Crippen molar-refractivity contribution in [2.24, 2.45) is 0 Å². The Balaban J connectivity index is 0.000000742. The number of rotatable bonds is 13. The Morgan fingerprint density at radius 1 is 0.841 bits per heavy atom. The van der Waals surface area contributed by atoms with Gasteiger partial charge in [0, 0.05) is 38.4 Å². The summed E-state index contributed by atoms with van der Waals surface area (Å²) in [6, 6.07) is 14.8. The van der Waals surface area contributed by atoms with Crippen LogP contribution in [0.3, 0.4) is 0 Å². The zero-order valence-corrected chi connectivity index (χ0v) is 26.3. The molecule has 44 heavy (non-hydrogen) atoms. The number of aryl methyl sites for hydroxylation is 2. The van der Waals surface area contributed by atoms with Crippen molar-refractivity contribution in [3.05, 3.63) is 106 Å². The van der Waals surface area contributed by atoms with Crippen LogP contribution >= 0.6 is 0 Å². The van der Waals surface area contributed by atoms with Gasteiger partial charge < -0.3 is 20.6 Å². The van der Waals surface area contributed by atoms with Gasteiger partial charge in [0.25, 0.3) is 5.91 Å². The summed E-state index contributed by atoms with van der Waals surface area (Å²) >= 11 is 0. The molecule has 0 aliphatic heterocycles. The Labute approximate surface area is 258 Å². The summed E-state index contributed by atoms with van der Waals surface area (Å²) in [5.74, 6) is -1.12. The van der Waals surface area contributed by atoms with Crippen molar-refractivity contribution in [2.45, 2.75) is 65.7 Å². The minimum Gasteiger partial charge on any atom is -0.400 e. The smallest absolute Gasteiger partial charge is 0.400 e. The lowest BCUT2D eigenvalue weighted by Gasteiger charge is -2.17. The van der Waals surface area contributed by atoms with Crippen LogP contribution in [0.2, 0.25) is 0 Å². The van der Waals surface area contributed by atoms with Crippen LogP contribution in [-0.2, 0) is 19.3 Å². The van der Waals surface area contributed by atoms with Crippen molar-refractivity contribution >= 4 is 5.91 Å². The first-order valence-corrected chi connectivity index (χ1v) is 14.7. The SMILES string of the molecule is CCCCN(C)Cc1cc(C)cc(C(=O)NCCCCNCc2cccc(C(F)(F)F)c2)c1.CO.Cc1cc(F)cc(F)c1. The van der Waals surface area contributed by atoms with Gasteiger partial charge in [-0.2, -0.15) is 13.2 Å². The summed E-state index contributed by atoms with van der Waals surface area (Å²) in [6.07, 6.45) is -0.394. The topological polar surface area (TPSA) is 64.6 Å². The monoisotopic (exact) mass is 623 g/mol. The van der Waals surface area contributed by atoms with Gasteiger partial charge in [0.15, 0.2) is 0 Å². The Kier molecular flexibility index (Phi) is 18.1. The highest BCUT2D eigenvalue weighted by molar-refractivity contribution is 5.94. The minimum atomic E-state index is -4.32. The van der Waals surface area contributed by atoms with E-state index in [1.165, 1.54) is 24.3 Å². The Morgan fingerprint density at radius 2 is 1.48 bits per heavy atom. The van der Waals surface area contributed by atoms with Crippen LogP contribution in [-0.4, -0.2) is 49.7 Å². The average Bonchev–Trinajstić information content (AvgIpc) is 2.95. The number of amides is 1. The summed E-state index contributed by atoms with van der Waals surface area (Å²) in [7, 11) is 3.10. The molecular formula is C34H46F5N3O2. The first-order valence-electron chi connectivity index (χ1n) is 14.7. The number of halogens is 5. The maximum atomic E-state index is 12.8. The van der Waals surface area contributed by atoms with Crippen molar-refractivity contribution in [1.82, 2.24) is 15.5 Å². The number of unbranched alkanes of at least 4 members (excludes halogenated alkanes) is 2. The zero-order valence-electron chi connectivity index (χ0n) is 26.3. The van der Waals surface area contributed by atoms with Crippen LogP contribution in [0.4, 0.5) is 22.0 Å². The van der Waals surface area contributed by atoms with E-state index in [9.17, 15) is 26.7 Å². The fourth-order valence-corrected chi connectivity index (χ4v) is 4.36. The van der Waals surface area contributed by atoms with E-state index in [0.29, 0.717) is 36.3 Å². The van der Waals surface area contributed by atoms with Gasteiger partial charge in [-0.15, -0.1) is 0 Å². The van der Waals surface area contributed by atoms with Crippen LogP contribution in [0.15, 0.2) is 60.7 Å². The molecule has 1 amide bonds. The van der Waals surface area contributed by atoms with Crippen molar-refractivity contribution < 1.29 is 31.9 Å².